The minimum atomic E-state index is -0.770. The third-order valence-electron chi connectivity index (χ3n) is 7.07. The molecule has 0 saturated carbocycles. The van der Waals surface area contributed by atoms with Crippen molar-refractivity contribution in [1.29, 1.82) is 0 Å². The third-order valence-corrected chi connectivity index (χ3v) is 7.07. The first-order valence-electron chi connectivity index (χ1n) is 14.3. The molecule has 0 bridgehead atoms. The Balaban J connectivity index is 1.40. The second kappa shape index (κ2) is 16.0. The molecule has 0 aromatic heterocycles. The van der Waals surface area contributed by atoms with Crippen molar-refractivity contribution in [1.82, 2.24) is 0 Å². The highest BCUT2D eigenvalue weighted by Gasteiger charge is 2.49. The average Bonchev–Trinajstić information content (AvgIpc) is 3.05. The van der Waals surface area contributed by atoms with E-state index >= 15 is 0 Å². The summed E-state index contributed by atoms with van der Waals surface area (Å²) in [6.45, 7) is 5.63. The minimum Gasteiger partial charge on any atom is -0.470 e. The van der Waals surface area contributed by atoms with Gasteiger partial charge in [0.1, 0.15) is 24.4 Å². The van der Waals surface area contributed by atoms with Crippen LogP contribution < -0.4 is 0 Å². The predicted octanol–water partition coefficient (Wildman–Crippen LogP) is 6.84. The van der Waals surface area contributed by atoms with Gasteiger partial charge in [-0.3, -0.25) is 0 Å². The lowest BCUT2D eigenvalue weighted by atomic mass is 9.97. The second-order valence-electron chi connectivity index (χ2n) is 10.1. The third kappa shape index (κ3) is 8.61. The normalized spacial score (nSPS) is 22.0. The van der Waals surface area contributed by atoms with Gasteiger partial charge in [0.25, 0.3) is 0 Å². The van der Waals surface area contributed by atoms with Crippen LogP contribution in [0.1, 0.15) is 22.3 Å². The fraction of sp³-hybridized carbons (Fsp3) is 0.278. The zero-order valence-electron chi connectivity index (χ0n) is 23.7. The van der Waals surface area contributed by atoms with Gasteiger partial charge in [-0.2, -0.15) is 0 Å². The van der Waals surface area contributed by atoms with E-state index in [0.717, 1.165) is 22.3 Å². The van der Waals surface area contributed by atoms with Crippen molar-refractivity contribution in [2.24, 2.45) is 0 Å². The van der Waals surface area contributed by atoms with Gasteiger partial charge in [0.05, 0.1) is 39.3 Å². The van der Waals surface area contributed by atoms with E-state index in [0.29, 0.717) is 26.4 Å². The zero-order chi connectivity index (χ0) is 28.8. The molecule has 42 heavy (non-hydrogen) atoms. The summed E-state index contributed by atoms with van der Waals surface area (Å²) < 4.78 is 38.3. The molecule has 4 aromatic rings. The summed E-state index contributed by atoms with van der Waals surface area (Å²) >= 11 is 0. The van der Waals surface area contributed by atoms with Crippen LogP contribution in [0, 0.1) is 0 Å². The van der Waals surface area contributed by atoms with Crippen LogP contribution >= 0.6 is 0 Å². The Bertz CT molecular complexity index is 1300. The number of hydrogen-bond acceptors (Lipinski definition) is 6. The van der Waals surface area contributed by atoms with Crippen LogP contribution in [-0.4, -0.2) is 37.3 Å². The summed E-state index contributed by atoms with van der Waals surface area (Å²) in [6, 6.07) is 40.2. The Morgan fingerprint density at radius 1 is 0.524 bits per heavy atom. The monoisotopic (exact) mass is 566 g/mol. The fourth-order valence-corrected chi connectivity index (χ4v) is 4.95. The molecule has 4 aromatic carbocycles. The van der Waals surface area contributed by atoms with Gasteiger partial charge in [-0.05, 0) is 22.3 Å². The fourth-order valence-electron chi connectivity index (χ4n) is 4.95. The van der Waals surface area contributed by atoms with Crippen LogP contribution in [0.25, 0.3) is 0 Å². The van der Waals surface area contributed by atoms with Crippen LogP contribution in [0.2, 0.25) is 0 Å². The van der Waals surface area contributed by atoms with Crippen molar-refractivity contribution in [2.75, 3.05) is 6.61 Å². The number of rotatable bonds is 15. The van der Waals surface area contributed by atoms with Crippen LogP contribution in [-0.2, 0) is 54.8 Å². The molecule has 5 atom stereocenters. The molecule has 1 heterocycles. The van der Waals surface area contributed by atoms with Crippen molar-refractivity contribution in [3.05, 3.63) is 156 Å². The lowest BCUT2D eigenvalue weighted by Crippen LogP contribution is -2.61. The molecular formula is C36H38O6. The average molecular weight is 567 g/mol. The molecule has 1 saturated heterocycles. The SMILES string of the molecule is C=CO[C@H]1O[C@H](COCc2ccccc2)[C@@H](OCc2ccccc2)[C@H](OCc2ccccc2)[C@H]1OCc1ccccc1. The maximum Gasteiger partial charge on any atom is 0.228 e. The lowest BCUT2D eigenvalue weighted by molar-refractivity contribution is -0.318. The summed E-state index contributed by atoms with van der Waals surface area (Å²) in [5.41, 5.74) is 4.21. The highest BCUT2D eigenvalue weighted by molar-refractivity contribution is 5.16. The first kappa shape index (κ1) is 29.7. The van der Waals surface area contributed by atoms with E-state index in [1.165, 1.54) is 6.26 Å². The highest BCUT2D eigenvalue weighted by Crippen LogP contribution is 2.31. The molecular weight excluding hydrogens is 528 g/mol. The van der Waals surface area contributed by atoms with Gasteiger partial charge in [-0.15, -0.1) is 0 Å². The smallest absolute Gasteiger partial charge is 0.228 e. The summed E-state index contributed by atoms with van der Waals surface area (Å²) in [5, 5.41) is 0. The lowest BCUT2D eigenvalue weighted by Gasteiger charge is -2.45. The first-order valence-corrected chi connectivity index (χ1v) is 14.3. The van der Waals surface area contributed by atoms with Crippen molar-refractivity contribution in [3.63, 3.8) is 0 Å². The van der Waals surface area contributed by atoms with Crippen LogP contribution in [0.4, 0.5) is 0 Å². The molecule has 6 heteroatoms. The topological polar surface area (TPSA) is 55.4 Å². The van der Waals surface area contributed by atoms with E-state index in [2.05, 4.69) is 6.58 Å². The molecule has 0 aliphatic carbocycles. The molecule has 5 rings (SSSR count). The quantitative estimate of drug-likeness (QED) is 0.147. The second-order valence-corrected chi connectivity index (χ2v) is 10.1. The van der Waals surface area contributed by atoms with Gasteiger partial charge in [-0.1, -0.05) is 128 Å². The van der Waals surface area contributed by atoms with Gasteiger partial charge in [0.2, 0.25) is 6.29 Å². The molecule has 0 amide bonds. The molecule has 218 valence electrons. The Hall–Kier alpha value is -3.78. The van der Waals surface area contributed by atoms with E-state index in [1.807, 2.05) is 121 Å². The van der Waals surface area contributed by atoms with Crippen molar-refractivity contribution in [2.45, 2.75) is 57.1 Å². The minimum absolute atomic E-state index is 0.280. The number of hydrogen-bond donors (Lipinski definition) is 0. The predicted molar refractivity (Wildman–Crippen MR) is 161 cm³/mol. The largest absolute Gasteiger partial charge is 0.470 e. The van der Waals surface area contributed by atoms with Gasteiger partial charge in [0.15, 0.2) is 0 Å². The van der Waals surface area contributed by atoms with Gasteiger partial charge < -0.3 is 28.4 Å². The first-order chi connectivity index (χ1) is 20.8. The standard InChI is InChI=1S/C36H38O6/c1-2-38-36-35(41-26-31-21-13-6-14-22-31)34(40-25-30-19-11-5-12-20-30)33(39-24-29-17-9-4-10-18-29)32(42-36)27-37-23-28-15-7-3-8-16-28/h2-22,32-36H,1,23-27H2/t32-,33-,34+,35-,36+/m1/s1. The maximum atomic E-state index is 6.64. The molecule has 6 nitrogen and oxygen atoms in total. The maximum absolute atomic E-state index is 6.64. The Labute approximate surface area is 248 Å². The number of ether oxygens (including phenoxy) is 6. The van der Waals surface area contributed by atoms with Crippen LogP contribution in [0.5, 0.6) is 0 Å². The summed E-state index contributed by atoms with van der Waals surface area (Å²) in [6.07, 6.45) is -1.51. The Morgan fingerprint density at radius 2 is 0.929 bits per heavy atom. The number of benzene rings is 4. The Kier molecular flexibility index (Phi) is 11.3. The zero-order valence-corrected chi connectivity index (χ0v) is 23.7. The summed E-state index contributed by atoms with van der Waals surface area (Å²) in [4.78, 5) is 0. The van der Waals surface area contributed by atoms with Crippen molar-refractivity contribution < 1.29 is 28.4 Å². The highest BCUT2D eigenvalue weighted by atomic mass is 16.7. The summed E-state index contributed by atoms with van der Waals surface area (Å²) in [5.74, 6) is 0. The van der Waals surface area contributed by atoms with Gasteiger partial charge in [-0.25, -0.2) is 0 Å². The van der Waals surface area contributed by atoms with E-state index in [1.54, 1.807) is 0 Å². The molecule has 0 unspecified atom stereocenters. The van der Waals surface area contributed by atoms with Crippen molar-refractivity contribution in [3.8, 4) is 0 Å². The van der Waals surface area contributed by atoms with Crippen LogP contribution in [0.3, 0.4) is 0 Å². The van der Waals surface area contributed by atoms with E-state index in [9.17, 15) is 0 Å². The molecule has 0 radical (unpaired) electrons. The van der Waals surface area contributed by atoms with E-state index in [4.69, 9.17) is 28.4 Å². The molecule has 0 N–H and O–H groups in total. The van der Waals surface area contributed by atoms with Gasteiger partial charge in [0, 0.05) is 0 Å². The molecule has 0 spiro atoms. The van der Waals surface area contributed by atoms with Crippen LogP contribution in [0.15, 0.2) is 134 Å². The molecule has 1 aliphatic heterocycles. The molecule has 1 fully saturated rings. The van der Waals surface area contributed by atoms with E-state index < -0.39 is 30.7 Å². The Morgan fingerprint density at radius 3 is 1.38 bits per heavy atom. The van der Waals surface area contributed by atoms with Gasteiger partial charge >= 0.3 is 0 Å². The summed E-state index contributed by atoms with van der Waals surface area (Å²) in [7, 11) is 0. The van der Waals surface area contributed by atoms with Crippen molar-refractivity contribution >= 4 is 0 Å². The molecule has 1 aliphatic rings. The van der Waals surface area contributed by atoms with E-state index in [-0.39, 0.29) is 6.61 Å².